The second-order valence-corrected chi connectivity index (χ2v) is 5.54. The Balaban J connectivity index is 2.90. The number of aliphatic hydroxyl groups is 1. The van der Waals surface area contributed by atoms with E-state index in [-0.39, 0.29) is 18.6 Å². The number of rotatable bonds is 6. The summed E-state index contributed by atoms with van der Waals surface area (Å²) >= 11 is 5.93. The molecule has 1 rings (SSSR count). The van der Waals surface area contributed by atoms with Crippen molar-refractivity contribution in [2.75, 3.05) is 18.5 Å². The number of amides is 2. The molecule has 0 saturated heterocycles. The number of nitrogens with one attached hydrogen (secondary N) is 1. The second-order valence-electron chi connectivity index (χ2n) is 5.10. The highest BCUT2D eigenvalue weighted by Crippen LogP contribution is 2.28. The zero-order valence-corrected chi connectivity index (χ0v) is 13.6. The van der Waals surface area contributed by atoms with Crippen molar-refractivity contribution < 1.29 is 14.6 Å². The quantitative estimate of drug-likeness (QED) is 0.846. The van der Waals surface area contributed by atoms with E-state index in [0.717, 1.165) is 0 Å². The molecule has 5 nitrogen and oxygen atoms in total. The van der Waals surface area contributed by atoms with Crippen LogP contribution < -0.4 is 10.1 Å². The van der Waals surface area contributed by atoms with Crippen molar-refractivity contribution in [3.8, 4) is 5.75 Å². The number of hydrogen-bond acceptors (Lipinski definition) is 3. The maximum atomic E-state index is 12.3. The van der Waals surface area contributed by atoms with Gasteiger partial charge in [0.05, 0.1) is 18.4 Å². The minimum atomic E-state index is -0.588. The first-order valence-electron chi connectivity index (χ1n) is 7.03. The lowest BCUT2D eigenvalue weighted by atomic mass is 10.2. The first kappa shape index (κ1) is 17.6. The van der Waals surface area contributed by atoms with Crippen molar-refractivity contribution in [2.24, 2.45) is 0 Å². The zero-order valence-electron chi connectivity index (χ0n) is 12.9. The van der Waals surface area contributed by atoms with Gasteiger partial charge < -0.3 is 20.1 Å². The number of ether oxygens (including phenoxy) is 1. The number of benzene rings is 1. The smallest absolute Gasteiger partial charge is 0.322 e. The number of halogens is 1. The lowest BCUT2D eigenvalue weighted by molar-refractivity contribution is 0.125. The van der Waals surface area contributed by atoms with Gasteiger partial charge in [-0.2, -0.15) is 0 Å². The molecular formula is C15H23ClN2O3. The third kappa shape index (κ3) is 5.44. The van der Waals surface area contributed by atoms with Gasteiger partial charge in [-0.1, -0.05) is 11.6 Å². The summed E-state index contributed by atoms with van der Waals surface area (Å²) < 4.78 is 5.47. The molecule has 118 valence electrons. The summed E-state index contributed by atoms with van der Waals surface area (Å²) in [6, 6.07) is 4.74. The number of urea groups is 1. The highest BCUT2D eigenvalue weighted by atomic mass is 35.5. The maximum absolute atomic E-state index is 12.3. The first-order valence-corrected chi connectivity index (χ1v) is 7.41. The van der Waals surface area contributed by atoms with E-state index < -0.39 is 6.10 Å². The van der Waals surface area contributed by atoms with E-state index in [9.17, 15) is 9.90 Å². The van der Waals surface area contributed by atoms with Crippen LogP contribution >= 0.6 is 11.6 Å². The Morgan fingerprint density at radius 2 is 2.10 bits per heavy atom. The molecule has 0 radical (unpaired) electrons. The van der Waals surface area contributed by atoms with Crippen LogP contribution in [-0.2, 0) is 0 Å². The molecule has 1 unspecified atom stereocenters. The SMILES string of the molecule is CCOc1cc(Cl)ccc1NC(=O)N(CC(C)O)C(C)C. The fourth-order valence-electron chi connectivity index (χ4n) is 1.87. The van der Waals surface area contributed by atoms with Gasteiger partial charge in [0.2, 0.25) is 0 Å². The van der Waals surface area contributed by atoms with E-state index >= 15 is 0 Å². The molecule has 1 aromatic carbocycles. The van der Waals surface area contributed by atoms with Crippen LogP contribution in [0.15, 0.2) is 18.2 Å². The standard InChI is InChI=1S/C15H23ClN2O3/c1-5-21-14-8-12(16)6-7-13(14)17-15(20)18(10(2)3)9-11(4)19/h6-8,10-11,19H,5,9H2,1-4H3,(H,17,20). The highest BCUT2D eigenvalue weighted by Gasteiger charge is 2.20. The monoisotopic (exact) mass is 314 g/mol. The topological polar surface area (TPSA) is 61.8 Å². The summed E-state index contributed by atoms with van der Waals surface area (Å²) in [7, 11) is 0. The van der Waals surface area contributed by atoms with Crippen molar-refractivity contribution in [3.63, 3.8) is 0 Å². The molecule has 0 aliphatic rings. The molecule has 1 atom stereocenters. The normalized spacial score (nSPS) is 12.1. The third-order valence-electron chi connectivity index (χ3n) is 2.83. The maximum Gasteiger partial charge on any atom is 0.322 e. The number of anilines is 1. The van der Waals surface area contributed by atoms with E-state index in [4.69, 9.17) is 16.3 Å². The van der Waals surface area contributed by atoms with Gasteiger partial charge in [-0.25, -0.2) is 4.79 Å². The molecule has 2 amide bonds. The number of nitrogens with zero attached hydrogens (tertiary/aromatic N) is 1. The Labute approximate surface area is 130 Å². The predicted molar refractivity (Wildman–Crippen MR) is 85.2 cm³/mol. The van der Waals surface area contributed by atoms with Gasteiger partial charge in [-0.05, 0) is 39.8 Å². The molecule has 21 heavy (non-hydrogen) atoms. The van der Waals surface area contributed by atoms with Crippen molar-refractivity contribution in [3.05, 3.63) is 23.2 Å². The predicted octanol–water partition coefficient (Wildman–Crippen LogP) is 3.36. The van der Waals surface area contributed by atoms with Gasteiger partial charge >= 0.3 is 6.03 Å². The molecule has 0 fully saturated rings. The molecule has 0 bridgehead atoms. The van der Waals surface area contributed by atoms with Gasteiger partial charge in [0.15, 0.2) is 0 Å². The number of hydrogen-bond donors (Lipinski definition) is 2. The molecule has 0 saturated carbocycles. The van der Waals surface area contributed by atoms with Crippen LogP contribution in [0.3, 0.4) is 0 Å². The third-order valence-corrected chi connectivity index (χ3v) is 3.07. The van der Waals surface area contributed by atoms with Crippen LogP contribution in [0, 0.1) is 0 Å². The zero-order chi connectivity index (χ0) is 16.0. The van der Waals surface area contributed by atoms with Crippen molar-refractivity contribution >= 4 is 23.3 Å². The van der Waals surface area contributed by atoms with E-state index in [1.165, 1.54) is 0 Å². The summed E-state index contributed by atoms with van der Waals surface area (Å²) in [4.78, 5) is 13.9. The minimum absolute atomic E-state index is 0.0255. The molecule has 0 aromatic heterocycles. The van der Waals surface area contributed by atoms with Crippen LogP contribution in [0.1, 0.15) is 27.7 Å². The molecule has 0 spiro atoms. The number of carbonyl (C=O) groups is 1. The van der Waals surface area contributed by atoms with Crippen molar-refractivity contribution in [1.82, 2.24) is 4.90 Å². The minimum Gasteiger partial charge on any atom is -0.492 e. The molecule has 0 aliphatic heterocycles. The lowest BCUT2D eigenvalue weighted by Gasteiger charge is -2.28. The van der Waals surface area contributed by atoms with E-state index in [2.05, 4.69) is 5.32 Å². The van der Waals surface area contributed by atoms with Crippen LogP contribution in [0.4, 0.5) is 10.5 Å². The summed E-state index contributed by atoms with van der Waals surface area (Å²) in [6.07, 6.45) is -0.588. The largest absolute Gasteiger partial charge is 0.492 e. The second kappa shape index (κ2) is 8.10. The van der Waals surface area contributed by atoms with E-state index in [0.29, 0.717) is 23.1 Å². The molecule has 6 heteroatoms. The fourth-order valence-corrected chi connectivity index (χ4v) is 2.04. The molecule has 2 N–H and O–H groups in total. The van der Waals surface area contributed by atoms with E-state index in [1.54, 1.807) is 30.0 Å². The van der Waals surface area contributed by atoms with Gasteiger partial charge in [0.25, 0.3) is 0 Å². The average Bonchev–Trinajstić information content (AvgIpc) is 2.38. The van der Waals surface area contributed by atoms with Gasteiger partial charge in [-0.15, -0.1) is 0 Å². The molecule has 1 aromatic rings. The summed E-state index contributed by atoms with van der Waals surface area (Å²) in [6.45, 7) is 8.04. The Morgan fingerprint density at radius 1 is 1.43 bits per heavy atom. The molecule has 0 heterocycles. The summed E-state index contributed by atoms with van der Waals surface area (Å²) in [5.74, 6) is 0.527. The number of carbonyl (C=O) groups excluding carboxylic acids is 1. The van der Waals surface area contributed by atoms with Crippen LogP contribution in [0.25, 0.3) is 0 Å². The van der Waals surface area contributed by atoms with Crippen LogP contribution in [0.2, 0.25) is 5.02 Å². The Morgan fingerprint density at radius 3 is 2.62 bits per heavy atom. The Bertz CT molecular complexity index is 478. The van der Waals surface area contributed by atoms with Crippen LogP contribution in [-0.4, -0.2) is 41.3 Å². The van der Waals surface area contributed by atoms with Gasteiger partial charge in [0.1, 0.15) is 5.75 Å². The first-order chi connectivity index (χ1) is 9.85. The Kier molecular flexibility index (Phi) is 6.78. The van der Waals surface area contributed by atoms with E-state index in [1.807, 2.05) is 20.8 Å². The summed E-state index contributed by atoms with van der Waals surface area (Å²) in [5.41, 5.74) is 0.558. The van der Waals surface area contributed by atoms with Gasteiger partial charge in [0, 0.05) is 23.7 Å². The Hall–Kier alpha value is -1.46. The number of aliphatic hydroxyl groups excluding tert-OH is 1. The highest BCUT2D eigenvalue weighted by molar-refractivity contribution is 6.30. The molecular weight excluding hydrogens is 292 g/mol. The summed E-state index contributed by atoms with van der Waals surface area (Å²) in [5, 5.41) is 12.8. The van der Waals surface area contributed by atoms with Crippen LogP contribution in [0.5, 0.6) is 5.75 Å². The van der Waals surface area contributed by atoms with Crippen molar-refractivity contribution in [2.45, 2.75) is 39.8 Å². The van der Waals surface area contributed by atoms with Crippen molar-refractivity contribution in [1.29, 1.82) is 0 Å². The fraction of sp³-hybridized carbons (Fsp3) is 0.533. The lowest BCUT2D eigenvalue weighted by Crippen LogP contribution is -2.43. The van der Waals surface area contributed by atoms with Gasteiger partial charge in [-0.3, -0.25) is 0 Å². The average molecular weight is 315 g/mol. The molecule has 0 aliphatic carbocycles.